The number of methoxy groups -OCH3 is 2. The first-order valence-electron chi connectivity index (χ1n) is 9.44. The number of ether oxygens (including phenoxy) is 2. The first-order valence-corrected chi connectivity index (χ1v) is 9.44. The molecule has 3 heterocycles. The number of nitrogens with zero attached hydrogens (tertiary/aromatic N) is 2. The summed E-state index contributed by atoms with van der Waals surface area (Å²) in [6.07, 6.45) is 3.62. The van der Waals surface area contributed by atoms with Gasteiger partial charge in [0, 0.05) is 43.0 Å². The summed E-state index contributed by atoms with van der Waals surface area (Å²) in [7, 11) is 3.35. The van der Waals surface area contributed by atoms with Gasteiger partial charge in [0.2, 0.25) is 0 Å². The lowest BCUT2D eigenvalue weighted by Crippen LogP contribution is -2.50. The van der Waals surface area contributed by atoms with Crippen LogP contribution in [0.25, 0.3) is 0 Å². The van der Waals surface area contributed by atoms with Crippen molar-refractivity contribution in [1.29, 1.82) is 0 Å². The van der Waals surface area contributed by atoms with Crippen molar-refractivity contribution in [1.82, 2.24) is 9.88 Å². The lowest BCUT2D eigenvalue weighted by molar-refractivity contribution is 0.108. The molecule has 4 rings (SSSR count). The molecule has 6 heteroatoms. The number of aromatic nitrogens is 1. The Morgan fingerprint density at radius 3 is 2.74 bits per heavy atom. The summed E-state index contributed by atoms with van der Waals surface area (Å²) in [5.74, 6) is 1.73. The zero-order chi connectivity index (χ0) is 19.0. The van der Waals surface area contributed by atoms with Gasteiger partial charge in [-0.15, -0.1) is 0 Å². The van der Waals surface area contributed by atoms with Crippen molar-refractivity contribution in [3.8, 4) is 11.5 Å². The first-order chi connectivity index (χ1) is 13.1. The summed E-state index contributed by atoms with van der Waals surface area (Å²) in [4.78, 5) is 7.05. The second kappa shape index (κ2) is 7.46. The van der Waals surface area contributed by atoms with Crippen LogP contribution in [0.2, 0.25) is 0 Å². The molecule has 2 aromatic rings. The molecule has 0 aliphatic carbocycles. The van der Waals surface area contributed by atoms with Crippen LogP contribution < -0.4 is 15.2 Å². The van der Waals surface area contributed by atoms with Crippen molar-refractivity contribution in [2.24, 2.45) is 5.73 Å². The maximum atomic E-state index is 9.42. The van der Waals surface area contributed by atoms with Gasteiger partial charge in [-0.2, -0.15) is 0 Å². The van der Waals surface area contributed by atoms with Crippen molar-refractivity contribution >= 4 is 0 Å². The van der Waals surface area contributed by atoms with E-state index >= 15 is 0 Å². The van der Waals surface area contributed by atoms with E-state index in [0.29, 0.717) is 6.04 Å². The molecular weight excluding hydrogens is 342 g/mol. The van der Waals surface area contributed by atoms with Gasteiger partial charge in [0.1, 0.15) is 0 Å². The van der Waals surface area contributed by atoms with Crippen molar-refractivity contribution in [2.75, 3.05) is 27.3 Å². The molecule has 1 saturated heterocycles. The molecule has 3 N–H and O–H groups in total. The molecule has 1 aromatic carbocycles. The number of fused-ring (bicyclic) bond motifs is 3. The predicted octanol–water partition coefficient (Wildman–Crippen LogP) is 2.01. The van der Waals surface area contributed by atoms with Crippen LogP contribution in [0.15, 0.2) is 30.5 Å². The van der Waals surface area contributed by atoms with Gasteiger partial charge in [-0.3, -0.25) is 9.88 Å². The standard InChI is InChI=1S/C21H27N3O3/c1-26-20-8-14-4-6-24-11-16(18-7-13(12-25)3-5-23-18)17(22)10-19(24)15(14)9-21(20)27-2/h3,5,7-9,16-17,19,25H,4,6,10-12,22H2,1-2H3. The van der Waals surface area contributed by atoms with Crippen LogP contribution in [0.3, 0.4) is 0 Å². The van der Waals surface area contributed by atoms with Crippen LogP contribution in [0.5, 0.6) is 11.5 Å². The highest BCUT2D eigenvalue weighted by atomic mass is 16.5. The minimum atomic E-state index is 0.0201. The Labute approximate surface area is 159 Å². The fourth-order valence-corrected chi connectivity index (χ4v) is 4.49. The number of rotatable bonds is 4. The predicted molar refractivity (Wildman–Crippen MR) is 103 cm³/mol. The van der Waals surface area contributed by atoms with E-state index in [1.54, 1.807) is 20.4 Å². The molecule has 1 fully saturated rings. The lowest BCUT2D eigenvalue weighted by Gasteiger charge is -2.46. The van der Waals surface area contributed by atoms with Crippen molar-refractivity contribution < 1.29 is 14.6 Å². The van der Waals surface area contributed by atoms with Gasteiger partial charge in [0.15, 0.2) is 11.5 Å². The Balaban J connectivity index is 1.63. The summed E-state index contributed by atoms with van der Waals surface area (Å²) in [6.45, 7) is 1.90. The Hall–Kier alpha value is -2.15. The van der Waals surface area contributed by atoms with Gasteiger partial charge in [0.25, 0.3) is 0 Å². The molecule has 3 unspecified atom stereocenters. The molecule has 144 valence electrons. The normalized spacial score (nSPS) is 24.8. The topological polar surface area (TPSA) is 80.8 Å². The average molecular weight is 369 g/mol. The molecule has 1 aromatic heterocycles. The third-order valence-corrected chi connectivity index (χ3v) is 5.96. The highest BCUT2D eigenvalue weighted by Crippen LogP contribution is 2.43. The third-order valence-electron chi connectivity index (χ3n) is 5.96. The maximum Gasteiger partial charge on any atom is 0.161 e. The number of aliphatic hydroxyl groups is 1. The Kier molecular flexibility index (Phi) is 5.04. The van der Waals surface area contributed by atoms with E-state index in [4.69, 9.17) is 15.2 Å². The van der Waals surface area contributed by atoms with E-state index in [9.17, 15) is 5.11 Å². The highest BCUT2D eigenvalue weighted by Gasteiger charge is 2.39. The van der Waals surface area contributed by atoms with E-state index in [1.165, 1.54) is 11.1 Å². The Bertz CT molecular complexity index is 826. The van der Waals surface area contributed by atoms with Crippen molar-refractivity contribution in [3.63, 3.8) is 0 Å². The molecular formula is C21H27N3O3. The zero-order valence-electron chi connectivity index (χ0n) is 15.9. The SMILES string of the molecule is COc1cc2c(cc1OC)C1CC(N)C(c3cc(CO)ccn3)CN1CC2. The number of pyridine rings is 1. The molecule has 0 spiro atoms. The molecule has 27 heavy (non-hydrogen) atoms. The molecule has 2 aliphatic heterocycles. The largest absolute Gasteiger partial charge is 0.493 e. The van der Waals surface area contributed by atoms with E-state index in [1.807, 2.05) is 12.1 Å². The van der Waals surface area contributed by atoms with Crippen LogP contribution >= 0.6 is 0 Å². The molecule has 2 aliphatic rings. The van der Waals surface area contributed by atoms with Gasteiger partial charge in [-0.1, -0.05) is 0 Å². The van der Waals surface area contributed by atoms with E-state index in [0.717, 1.165) is 48.7 Å². The van der Waals surface area contributed by atoms with Gasteiger partial charge in [-0.05, 0) is 53.8 Å². The van der Waals surface area contributed by atoms with Gasteiger partial charge in [-0.25, -0.2) is 0 Å². The number of aliphatic hydroxyl groups excluding tert-OH is 1. The lowest BCUT2D eigenvalue weighted by atomic mass is 9.79. The molecule has 3 atom stereocenters. The minimum absolute atomic E-state index is 0.0201. The smallest absolute Gasteiger partial charge is 0.161 e. The fourth-order valence-electron chi connectivity index (χ4n) is 4.49. The fraction of sp³-hybridized carbons (Fsp3) is 0.476. The van der Waals surface area contributed by atoms with Crippen LogP contribution in [0.1, 0.15) is 40.8 Å². The number of hydrogen-bond acceptors (Lipinski definition) is 6. The average Bonchev–Trinajstić information content (AvgIpc) is 2.72. The number of piperidine rings is 1. The van der Waals surface area contributed by atoms with Crippen LogP contribution in [-0.2, 0) is 13.0 Å². The monoisotopic (exact) mass is 369 g/mol. The summed E-state index contributed by atoms with van der Waals surface area (Å²) < 4.78 is 11.0. The van der Waals surface area contributed by atoms with Gasteiger partial charge < -0.3 is 20.3 Å². The first kappa shape index (κ1) is 18.2. The zero-order valence-corrected chi connectivity index (χ0v) is 15.9. The maximum absolute atomic E-state index is 9.42. The highest BCUT2D eigenvalue weighted by molar-refractivity contribution is 5.49. The van der Waals surface area contributed by atoms with Crippen molar-refractivity contribution in [2.45, 2.75) is 37.5 Å². The summed E-state index contributed by atoms with van der Waals surface area (Å²) in [5.41, 5.74) is 11.1. The second-order valence-corrected chi connectivity index (χ2v) is 7.42. The minimum Gasteiger partial charge on any atom is -0.493 e. The van der Waals surface area contributed by atoms with Gasteiger partial charge in [0.05, 0.1) is 20.8 Å². The van der Waals surface area contributed by atoms with Crippen LogP contribution in [0.4, 0.5) is 0 Å². The summed E-state index contributed by atoms with van der Waals surface area (Å²) >= 11 is 0. The molecule has 0 saturated carbocycles. The summed E-state index contributed by atoms with van der Waals surface area (Å²) in [6, 6.07) is 8.36. The molecule has 0 radical (unpaired) electrons. The molecule has 0 bridgehead atoms. The molecule has 6 nitrogen and oxygen atoms in total. The van der Waals surface area contributed by atoms with E-state index in [2.05, 4.69) is 22.0 Å². The van der Waals surface area contributed by atoms with Crippen LogP contribution in [0, 0.1) is 0 Å². The Morgan fingerprint density at radius 1 is 1.22 bits per heavy atom. The summed E-state index contributed by atoms with van der Waals surface area (Å²) in [5, 5.41) is 9.42. The van der Waals surface area contributed by atoms with Crippen molar-refractivity contribution in [3.05, 3.63) is 52.8 Å². The van der Waals surface area contributed by atoms with E-state index in [-0.39, 0.29) is 18.6 Å². The number of hydrogen-bond donors (Lipinski definition) is 2. The number of nitrogens with two attached hydrogens (primary N) is 1. The van der Waals surface area contributed by atoms with Gasteiger partial charge >= 0.3 is 0 Å². The number of benzene rings is 1. The Morgan fingerprint density at radius 2 is 2.00 bits per heavy atom. The molecule has 0 amide bonds. The second-order valence-electron chi connectivity index (χ2n) is 7.42. The quantitative estimate of drug-likeness (QED) is 0.858. The van der Waals surface area contributed by atoms with E-state index < -0.39 is 0 Å². The third kappa shape index (κ3) is 3.29. The van der Waals surface area contributed by atoms with Crippen LogP contribution in [-0.4, -0.2) is 48.3 Å².